The molecule has 0 aliphatic rings. The van der Waals surface area contributed by atoms with Gasteiger partial charge in [-0.05, 0) is 47.5 Å². The monoisotopic (exact) mass is 392 g/mol. The van der Waals surface area contributed by atoms with E-state index in [-0.39, 0.29) is 40.1 Å². The van der Waals surface area contributed by atoms with Crippen LogP contribution in [0.15, 0.2) is 48.5 Å². The summed E-state index contributed by atoms with van der Waals surface area (Å²) in [7, 11) is 0. The first-order chi connectivity index (χ1) is 12.3. The molecule has 3 nitrogen and oxygen atoms in total. The zero-order chi connectivity index (χ0) is 18.8. The third-order valence-corrected chi connectivity index (χ3v) is 4.65. The normalized spacial score (nSPS) is 10.9. The predicted molar refractivity (Wildman–Crippen MR) is 99.9 cm³/mol. The number of rotatable bonds is 4. The number of halogens is 3. The van der Waals surface area contributed by atoms with Crippen molar-refractivity contribution in [3.63, 3.8) is 0 Å². The van der Waals surface area contributed by atoms with Gasteiger partial charge >= 0.3 is 0 Å². The molecule has 0 radical (unpaired) electrons. The Morgan fingerprint density at radius 3 is 1.50 bits per heavy atom. The number of benzene rings is 3. The van der Waals surface area contributed by atoms with E-state index in [0.717, 1.165) is 11.1 Å². The molecule has 0 aliphatic heterocycles. The molecule has 0 amide bonds. The highest BCUT2D eigenvalue weighted by Crippen LogP contribution is 2.32. The van der Waals surface area contributed by atoms with E-state index in [1.54, 1.807) is 24.3 Å². The van der Waals surface area contributed by atoms with Crippen LogP contribution in [-0.4, -0.2) is 15.3 Å². The average molecular weight is 393 g/mol. The molecule has 0 aromatic heterocycles. The lowest BCUT2D eigenvalue weighted by Gasteiger charge is -2.12. The van der Waals surface area contributed by atoms with E-state index in [1.165, 1.54) is 24.3 Å². The molecular weight excluding hydrogens is 378 g/mol. The van der Waals surface area contributed by atoms with Crippen LogP contribution in [0.25, 0.3) is 0 Å². The zero-order valence-corrected chi connectivity index (χ0v) is 15.0. The van der Waals surface area contributed by atoms with Gasteiger partial charge in [0.2, 0.25) is 0 Å². The van der Waals surface area contributed by atoms with Gasteiger partial charge in [0, 0.05) is 24.0 Å². The minimum Gasteiger partial charge on any atom is -0.507 e. The molecule has 0 spiro atoms. The van der Waals surface area contributed by atoms with Gasteiger partial charge in [-0.2, -0.15) is 0 Å². The van der Waals surface area contributed by atoms with Crippen LogP contribution in [0.3, 0.4) is 0 Å². The molecule has 3 N–H and O–H groups in total. The lowest BCUT2D eigenvalue weighted by Crippen LogP contribution is -1.97. The van der Waals surface area contributed by atoms with E-state index in [2.05, 4.69) is 0 Å². The van der Waals surface area contributed by atoms with Gasteiger partial charge in [-0.25, -0.2) is 4.39 Å². The number of aromatic hydroxyl groups is 3. The van der Waals surface area contributed by atoms with Gasteiger partial charge in [-0.3, -0.25) is 0 Å². The third-order valence-electron chi connectivity index (χ3n) is 4.05. The smallest absolute Gasteiger partial charge is 0.134 e. The maximum absolute atomic E-state index is 14.1. The fourth-order valence-electron chi connectivity index (χ4n) is 2.75. The van der Waals surface area contributed by atoms with Crippen LogP contribution >= 0.6 is 23.2 Å². The Morgan fingerprint density at radius 1 is 0.692 bits per heavy atom. The van der Waals surface area contributed by atoms with Crippen LogP contribution in [0.2, 0.25) is 10.0 Å². The second kappa shape index (κ2) is 7.44. The van der Waals surface area contributed by atoms with E-state index >= 15 is 0 Å². The van der Waals surface area contributed by atoms with Crippen LogP contribution < -0.4 is 0 Å². The first-order valence-electron chi connectivity index (χ1n) is 7.78. The highest BCUT2D eigenvalue weighted by molar-refractivity contribution is 6.32. The summed E-state index contributed by atoms with van der Waals surface area (Å²) < 4.78 is 14.1. The maximum Gasteiger partial charge on any atom is 0.134 e. The molecule has 134 valence electrons. The van der Waals surface area contributed by atoms with Crippen molar-refractivity contribution in [1.82, 2.24) is 0 Å². The van der Waals surface area contributed by atoms with E-state index in [0.29, 0.717) is 11.1 Å². The van der Waals surface area contributed by atoms with E-state index in [1.807, 2.05) is 0 Å². The van der Waals surface area contributed by atoms with Crippen molar-refractivity contribution < 1.29 is 19.7 Å². The van der Waals surface area contributed by atoms with Crippen LogP contribution in [0.5, 0.6) is 17.2 Å². The van der Waals surface area contributed by atoms with Gasteiger partial charge in [-0.1, -0.05) is 35.3 Å². The molecule has 26 heavy (non-hydrogen) atoms. The van der Waals surface area contributed by atoms with Crippen LogP contribution in [0.1, 0.15) is 22.3 Å². The van der Waals surface area contributed by atoms with E-state index in [9.17, 15) is 19.7 Å². The molecule has 6 heteroatoms. The summed E-state index contributed by atoms with van der Waals surface area (Å²) in [5.41, 5.74) is 2.28. The summed E-state index contributed by atoms with van der Waals surface area (Å²) in [5, 5.41) is 29.9. The Labute approximate surface area is 159 Å². The Kier molecular flexibility index (Phi) is 5.25. The van der Waals surface area contributed by atoms with E-state index < -0.39 is 5.82 Å². The van der Waals surface area contributed by atoms with Gasteiger partial charge in [-0.15, -0.1) is 0 Å². The van der Waals surface area contributed by atoms with Crippen LogP contribution in [0, 0.1) is 5.82 Å². The quantitative estimate of drug-likeness (QED) is 0.554. The molecule has 0 saturated heterocycles. The maximum atomic E-state index is 14.1. The van der Waals surface area contributed by atoms with Crippen LogP contribution in [-0.2, 0) is 12.8 Å². The summed E-state index contributed by atoms with van der Waals surface area (Å²) in [5.74, 6) is -0.560. The Hall–Kier alpha value is -2.43. The van der Waals surface area contributed by atoms with Crippen molar-refractivity contribution in [3.8, 4) is 17.2 Å². The van der Waals surface area contributed by atoms with Crippen molar-refractivity contribution in [2.24, 2.45) is 0 Å². The van der Waals surface area contributed by atoms with Gasteiger partial charge in [0.1, 0.15) is 23.1 Å². The third kappa shape index (κ3) is 4.03. The highest BCUT2D eigenvalue weighted by atomic mass is 35.5. The molecule has 0 saturated carbocycles. The topological polar surface area (TPSA) is 60.7 Å². The summed E-state index contributed by atoms with van der Waals surface area (Å²) >= 11 is 11.8. The molecule has 0 bridgehead atoms. The van der Waals surface area contributed by atoms with Crippen molar-refractivity contribution in [1.29, 1.82) is 0 Å². The highest BCUT2D eigenvalue weighted by Gasteiger charge is 2.13. The minimum atomic E-state index is -0.470. The second-order valence-corrected chi connectivity index (χ2v) is 6.81. The van der Waals surface area contributed by atoms with E-state index in [4.69, 9.17) is 23.2 Å². The SMILES string of the molecule is Oc1ccc(Cc2cc(F)cc(Cc3ccc(O)c(Cl)c3)c2O)cc1Cl. The van der Waals surface area contributed by atoms with Crippen LogP contribution in [0.4, 0.5) is 4.39 Å². The molecule has 0 aliphatic carbocycles. The van der Waals surface area contributed by atoms with Gasteiger partial charge < -0.3 is 15.3 Å². The van der Waals surface area contributed by atoms with Gasteiger partial charge in [0.05, 0.1) is 10.0 Å². The molecule has 0 unspecified atom stereocenters. The van der Waals surface area contributed by atoms with Crippen molar-refractivity contribution >= 4 is 23.2 Å². The lowest BCUT2D eigenvalue weighted by atomic mass is 9.97. The largest absolute Gasteiger partial charge is 0.507 e. The number of phenolic OH excluding ortho intramolecular Hbond substituents is 3. The Balaban J connectivity index is 1.92. The van der Waals surface area contributed by atoms with Crippen molar-refractivity contribution in [3.05, 3.63) is 86.6 Å². The molecule has 0 atom stereocenters. The summed E-state index contributed by atoms with van der Waals surface area (Å²) in [6.07, 6.45) is 0.514. The van der Waals surface area contributed by atoms with Gasteiger partial charge in [0.15, 0.2) is 0 Å². The molecule has 3 aromatic rings. The summed E-state index contributed by atoms with van der Waals surface area (Å²) in [6, 6.07) is 11.9. The molecule has 3 rings (SSSR count). The lowest BCUT2D eigenvalue weighted by molar-refractivity contribution is 0.460. The number of hydrogen-bond acceptors (Lipinski definition) is 3. The Bertz CT molecular complexity index is 899. The second-order valence-electron chi connectivity index (χ2n) is 6.00. The Morgan fingerprint density at radius 2 is 1.12 bits per heavy atom. The molecule has 0 fully saturated rings. The minimum absolute atomic E-state index is 0.0141. The number of phenols is 3. The van der Waals surface area contributed by atoms with Crippen molar-refractivity contribution in [2.45, 2.75) is 12.8 Å². The fraction of sp³-hybridized carbons (Fsp3) is 0.100. The average Bonchev–Trinajstić information content (AvgIpc) is 2.58. The fourth-order valence-corrected chi connectivity index (χ4v) is 3.15. The number of hydrogen-bond donors (Lipinski definition) is 3. The summed E-state index contributed by atoms with van der Waals surface area (Å²) in [6.45, 7) is 0. The molecular formula is C20H15Cl2FO3. The molecule has 0 heterocycles. The van der Waals surface area contributed by atoms with Gasteiger partial charge in [0.25, 0.3) is 0 Å². The standard InChI is InChI=1S/C20H15Cl2FO3/c21-16-7-11(1-3-18(16)24)5-13-9-15(23)10-14(20(13)26)6-12-2-4-19(25)17(22)8-12/h1-4,7-10,24-26H,5-6H2. The zero-order valence-electron chi connectivity index (χ0n) is 13.5. The first-order valence-corrected chi connectivity index (χ1v) is 8.54. The molecule has 3 aromatic carbocycles. The summed E-state index contributed by atoms with van der Waals surface area (Å²) in [4.78, 5) is 0. The predicted octanol–water partition coefficient (Wildman–Crippen LogP) is 5.43. The first kappa shape index (κ1) is 18.4. The van der Waals surface area contributed by atoms with Crippen molar-refractivity contribution in [2.75, 3.05) is 0 Å².